The topological polar surface area (TPSA) is 64.0 Å². The summed E-state index contributed by atoms with van der Waals surface area (Å²) in [7, 11) is 3.51. The van der Waals surface area contributed by atoms with Gasteiger partial charge in [0.15, 0.2) is 0 Å². The number of hydrogen-bond donors (Lipinski definition) is 0. The molecule has 6 heteroatoms. The second-order valence-electron chi connectivity index (χ2n) is 9.02. The predicted molar refractivity (Wildman–Crippen MR) is 124 cm³/mol. The summed E-state index contributed by atoms with van der Waals surface area (Å²) in [6.07, 6.45) is 8.99. The van der Waals surface area contributed by atoms with E-state index in [0.717, 1.165) is 48.1 Å². The van der Waals surface area contributed by atoms with Crippen LogP contribution in [-0.2, 0) is 4.74 Å². The van der Waals surface area contributed by atoms with E-state index in [0.29, 0.717) is 0 Å². The van der Waals surface area contributed by atoms with E-state index >= 15 is 0 Å². The number of carbonyl (C=O) groups is 1. The maximum atomic E-state index is 12.3. The summed E-state index contributed by atoms with van der Waals surface area (Å²) in [5.41, 5.74) is 2.70. The first kappa shape index (κ1) is 22.8. The fourth-order valence-corrected chi connectivity index (χ4v) is 3.82. The van der Waals surface area contributed by atoms with E-state index in [1.807, 2.05) is 58.3 Å². The van der Waals surface area contributed by atoms with Gasteiger partial charge in [-0.1, -0.05) is 6.07 Å². The second-order valence-corrected chi connectivity index (χ2v) is 9.02. The van der Waals surface area contributed by atoms with Gasteiger partial charge in [-0.05, 0) is 81.8 Å². The van der Waals surface area contributed by atoms with Crippen LogP contribution in [0.25, 0.3) is 11.1 Å². The van der Waals surface area contributed by atoms with Crippen LogP contribution in [0.15, 0.2) is 47.7 Å². The Morgan fingerprint density at radius 2 is 1.77 bits per heavy atom. The highest BCUT2D eigenvalue weighted by molar-refractivity contribution is 5.86. The highest BCUT2D eigenvalue weighted by Gasteiger charge is 2.29. The highest BCUT2D eigenvalue weighted by atomic mass is 16.6. The standard InChI is InChI=1S/C25H33N3O3/c1-25(2,3)31-24(29)28(4)22-9-7-21(8-10-22)27-17-20-16-19(6-11-23(20)30-5)18-12-14-26-15-13-18/h6,11-17,21-22H,7-10H2,1-5H3/b27-17-/t21-,22-. The van der Waals surface area contributed by atoms with Gasteiger partial charge in [0.25, 0.3) is 0 Å². The van der Waals surface area contributed by atoms with Gasteiger partial charge in [-0.15, -0.1) is 0 Å². The molecule has 1 fully saturated rings. The zero-order chi connectivity index (χ0) is 22.4. The van der Waals surface area contributed by atoms with Gasteiger partial charge >= 0.3 is 6.09 Å². The van der Waals surface area contributed by atoms with Crippen molar-refractivity contribution < 1.29 is 14.3 Å². The van der Waals surface area contributed by atoms with Crippen molar-refractivity contribution in [1.82, 2.24) is 9.88 Å². The molecule has 166 valence electrons. The Kier molecular flexibility index (Phi) is 7.31. The Morgan fingerprint density at radius 3 is 2.39 bits per heavy atom. The Bertz CT molecular complexity index is 898. The number of amides is 1. The van der Waals surface area contributed by atoms with Crippen molar-refractivity contribution in [3.63, 3.8) is 0 Å². The van der Waals surface area contributed by atoms with E-state index < -0.39 is 5.60 Å². The number of ether oxygens (including phenoxy) is 2. The maximum Gasteiger partial charge on any atom is 0.410 e. The molecule has 1 heterocycles. The van der Waals surface area contributed by atoms with Crippen molar-refractivity contribution in [3.8, 4) is 16.9 Å². The summed E-state index contributed by atoms with van der Waals surface area (Å²) < 4.78 is 11.0. The number of rotatable bonds is 5. The molecule has 3 rings (SSSR count). The number of benzene rings is 1. The van der Waals surface area contributed by atoms with Crippen LogP contribution in [0, 0.1) is 0 Å². The van der Waals surface area contributed by atoms with Crippen LogP contribution in [0.4, 0.5) is 4.79 Å². The molecular formula is C25H33N3O3. The van der Waals surface area contributed by atoms with Crippen LogP contribution in [0.5, 0.6) is 5.75 Å². The van der Waals surface area contributed by atoms with Crippen LogP contribution in [0.1, 0.15) is 52.0 Å². The van der Waals surface area contributed by atoms with E-state index in [4.69, 9.17) is 14.5 Å². The monoisotopic (exact) mass is 423 g/mol. The lowest BCUT2D eigenvalue weighted by atomic mass is 9.91. The van der Waals surface area contributed by atoms with Gasteiger partial charge in [-0.25, -0.2) is 4.79 Å². The molecule has 31 heavy (non-hydrogen) atoms. The second kappa shape index (κ2) is 9.94. The lowest BCUT2D eigenvalue weighted by Crippen LogP contribution is -2.42. The normalized spacial score (nSPS) is 19.3. The molecule has 6 nitrogen and oxygen atoms in total. The molecule has 1 aromatic heterocycles. The quantitative estimate of drug-likeness (QED) is 0.608. The predicted octanol–water partition coefficient (Wildman–Crippen LogP) is 5.35. The molecule has 0 unspecified atom stereocenters. The number of aromatic nitrogens is 1. The van der Waals surface area contributed by atoms with E-state index in [-0.39, 0.29) is 18.2 Å². The van der Waals surface area contributed by atoms with E-state index in [1.165, 1.54) is 0 Å². The largest absolute Gasteiger partial charge is 0.496 e. The Morgan fingerprint density at radius 1 is 1.10 bits per heavy atom. The van der Waals surface area contributed by atoms with Gasteiger partial charge in [0.1, 0.15) is 11.4 Å². The number of pyridine rings is 1. The minimum atomic E-state index is -0.476. The molecule has 0 spiro atoms. The summed E-state index contributed by atoms with van der Waals surface area (Å²) in [5.74, 6) is 0.805. The summed E-state index contributed by atoms with van der Waals surface area (Å²) in [4.78, 5) is 23.0. The number of aliphatic imine (C=N–C) groups is 1. The molecule has 0 radical (unpaired) electrons. The summed E-state index contributed by atoms with van der Waals surface area (Å²) >= 11 is 0. The Hall–Kier alpha value is -2.89. The molecule has 0 saturated heterocycles. The third kappa shape index (κ3) is 6.29. The summed E-state index contributed by atoms with van der Waals surface area (Å²) in [6.45, 7) is 5.67. The van der Waals surface area contributed by atoms with Crippen LogP contribution in [-0.4, -0.2) is 54.0 Å². The molecule has 0 bridgehead atoms. The van der Waals surface area contributed by atoms with Gasteiger partial charge in [0.05, 0.1) is 13.2 Å². The lowest BCUT2D eigenvalue weighted by Gasteiger charge is -2.34. The first-order chi connectivity index (χ1) is 14.8. The van der Waals surface area contributed by atoms with Crippen LogP contribution in [0.3, 0.4) is 0 Å². The molecule has 0 N–H and O–H groups in total. The minimum Gasteiger partial charge on any atom is -0.496 e. The van der Waals surface area contributed by atoms with Crippen molar-refractivity contribution in [2.45, 2.75) is 64.1 Å². The number of methoxy groups -OCH3 is 1. The van der Waals surface area contributed by atoms with Gasteiger partial charge in [-0.3, -0.25) is 9.98 Å². The fraction of sp³-hybridized carbons (Fsp3) is 0.480. The minimum absolute atomic E-state index is 0.200. The van der Waals surface area contributed by atoms with Crippen molar-refractivity contribution >= 4 is 12.3 Å². The van der Waals surface area contributed by atoms with Crippen molar-refractivity contribution in [1.29, 1.82) is 0 Å². The van der Waals surface area contributed by atoms with Crippen molar-refractivity contribution in [2.24, 2.45) is 4.99 Å². The van der Waals surface area contributed by atoms with Crippen LogP contribution in [0.2, 0.25) is 0 Å². The average Bonchev–Trinajstić information content (AvgIpc) is 2.76. The van der Waals surface area contributed by atoms with Crippen LogP contribution < -0.4 is 4.74 Å². The van der Waals surface area contributed by atoms with Crippen molar-refractivity contribution in [3.05, 3.63) is 48.3 Å². The van der Waals surface area contributed by atoms with Gasteiger partial charge in [0, 0.05) is 37.3 Å². The molecule has 0 aliphatic heterocycles. The number of nitrogens with zero attached hydrogens (tertiary/aromatic N) is 3. The maximum absolute atomic E-state index is 12.3. The SMILES string of the molecule is COc1ccc(-c2ccncc2)cc1/C=N\[C@H]1CC[C@H](N(C)C(=O)OC(C)(C)C)CC1. The van der Waals surface area contributed by atoms with Gasteiger partial charge in [0.2, 0.25) is 0 Å². The highest BCUT2D eigenvalue weighted by Crippen LogP contribution is 2.28. The zero-order valence-corrected chi connectivity index (χ0v) is 19.2. The first-order valence-electron chi connectivity index (χ1n) is 10.8. The third-order valence-corrected chi connectivity index (χ3v) is 5.56. The van der Waals surface area contributed by atoms with E-state index in [1.54, 1.807) is 24.4 Å². The Balaban J connectivity index is 1.63. The van der Waals surface area contributed by atoms with Crippen molar-refractivity contribution in [2.75, 3.05) is 14.2 Å². The third-order valence-electron chi connectivity index (χ3n) is 5.56. The molecule has 0 atom stereocenters. The summed E-state index contributed by atoms with van der Waals surface area (Å²) in [6, 6.07) is 10.5. The summed E-state index contributed by atoms with van der Waals surface area (Å²) in [5, 5.41) is 0. The first-order valence-corrected chi connectivity index (χ1v) is 10.8. The number of hydrogen-bond acceptors (Lipinski definition) is 5. The van der Waals surface area contributed by atoms with Gasteiger partial charge in [-0.2, -0.15) is 0 Å². The Labute approximate surface area is 185 Å². The molecule has 1 amide bonds. The molecule has 2 aromatic rings. The molecule has 1 aliphatic rings. The molecular weight excluding hydrogens is 390 g/mol. The number of carbonyl (C=O) groups excluding carboxylic acids is 1. The molecule has 1 aliphatic carbocycles. The van der Waals surface area contributed by atoms with E-state index in [2.05, 4.69) is 11.1 Å². The van der Waals surface area contributed by atoms with E-state index in [9.17, 15) is 4.79 Å². The van der Waals surface area contributed by atoms with Gasteiger partial charge < -0.3 is 14.4 Å². The average molecular weight is 424 g/mol. The zero-order valence-electron chi connectivity index (χ0n) is 19.2. The van der Waals surface area contributed by atoms with Crippen LogP contribution >= 0.6 is 0 Å². The fourth-order valence-electron chi connectivity index (χ4n) is 3.82. The smallest absolute Gasteiger partial charge is 0.410 e. The molecule has 1 aromatic carbocycles. The lowest BCUT2D eigenvalue weighted by molar-refractivity contribution is 0.0184. The molecule has 1 saturated carbocycles.